The van der Waals surface area contributed by atoms with Gasteiger partial charge in [0.25, 0.3) is 0 Å². The molecule has 1 aliphatic rings. The Morgan fingerprint density at radius 3 is 2.94 bits per heavy atom. The van der Waals surface area contributed by atoms with Crippen molar-refractivity contribution >= 4 is 27.8 Å². The molecule has 0 aliphatic heterocycles. The number of hydrogen-bond acceptors (Lipinski definition) is 7. The molecule has 3 rings (SSSR count). The van der Waals surface area contributed by atoms with E-state index in [9.17, 15) is 0 Å². The standard InChI is InChI=1S/C10H13N5S2/c11-10-15-14-9(17-10)7-2-1-6(3-7)4-8-13-12-5-16-8/h5-7H,1-4H2,(H2,11,15). The Balaban J connectivity index is 1.62. The lowest BCUT2D eigenvalue weighted by atomic mass is 10.0. The van der Waals surface area contributed by atoms with Crippen molar-refractivity contribution in [1.82, 2.24) is 20.4 Å². The van der Waals surface area contributed by atoms with Gasteiger partial charge in [-0.3, -0.25) is 0 Å². The Morgan fingerprint density at radius 1 is 1.29 bits per heavy atom. The number of nitrogen functional groups attached to an aromatic ring is 1. The number of anilines is 1. The molecule has 0 aromatic carbocycles. The van der Waals surface area contributed by atoms with Crippen LogP contribution in [0, 0.1) is 5.92 Å². The summed E-state index contributed by atoms with van der Waals surface area (Å²) in [6.45, 7) is 0. The quantitative estimate of drug-likeness (QED) is 0.921. The van der Waals surface area contributed by atoms with Gasteiger partial charge in [0.1, 0.15) is 15.5 Å². The highest BCUT2D eigenvalue weighted by Gasteiger charge is 2.28. The predicted octanol–water partition coefficient (Wildman–Crippen LogP) is 2.10. The van der Waals surface area contributed by atoms with Gasteiger partial charge in [-0.1, -0.05) is 11.3 Å². The van der Waals surface area contributed by atoms with Gasteiger partial charge in [0.05, 0.1) is 0 Å². The zero-order valence-electron chi connectivity index (χ0n) is 9.24. The Bertz CT molecular complexity index is 481. The second-order valence-corrected chi connectivity index (χ2v) is 6.35. The van der Waals surface area contributed by atoms with Crippen LogP contribution < -0.4 is 5.73 Å². The van der Waals surface area contributed by atoms with Gasteiger partial charge in [-0.15, -0.1) is 31.7 Å². The molecule has 2 heterocycles. The van der Waals surface area contributed by atoms with Crippen molar-refractivity contribution in [2.24, 2.45) is 5.92 Å². The molecule has 2 unspecified atom stereocenters. The molecule has 0 spiro atoms. The summed E-state index contributed by atoms with van der Waals surface area (Å²) in [5.41, 5.74) is 7.42. The molecular weight excluding hydrogens is 254 g/mol. The Kier molecular flexibility index (Phi) is 3.02. The Hall–Kier alpha value is -1.08. The first-order valence-corrected chi connectivity index (χ1v) is 7.35. The molecule has 1 aliphatic carbocycles. The SMILES string of the molecule is Nc1nnc(C2CCC(Cc3nncs3)C2)s1. The maximum Gasteiger partial charge on any atom is 0.203 e. The second-order valence-electron chi connectivity index (χ2n) is 4.39. The minimum Gasteiger partial charge on any atom is -0.374 e. The third kappa shape index (κ3) is 2.44. The Labute approximate surface area is 107 Å². The normalized spacial score (nSPS) is 24.2. The maximum absolute atomic E-state index is 5.62. The fourth-order valence-corrected chi connectivity index (χ4v) is 3.83. The van der Waals surface area contributed by atoms with Gasteiger partial charge in [0.15, 0.2) is 0 Å². The lowest BCUT2D eigenvalue weighted by Crippen LogP contribution is -2.00. The van der Waals surface area contributed by atoms with Crippen LogP contribution in [0.4, 0.5) is 5.13 Å². The zero-order valence-corrected chi connectivity index (χ0v) is 10.9. The van der Waals surface area contributed by atoms with Gasteiger partial charge >= 0.3 is 0 Å². The number of nitrogens with two attached hydrogens (primary N) is 1. The van der Waals surface area contributed by atoms with Gasteiger partial charge in [0, 0.05) is 12.3 Å². The van der Waals surface area contributed by atoms with E-state index in [2.05, 4.69) is 20.4 Å². The van der Waals surface area contributed by atoms with Crippen molar-refractivity contribution in [3.63, 3.8) is 0 Å². The summed E-state index contributed by atoms with van der Waals surface area (Å²) in [5, 5.41) is 18.8. The fraction of sp³-hybridized carbons (Fsp3) is 0.600. The molecule has 2 N–H and O–H groups in total. The van der Waals surface area contributed by atoms with Crippen LogP contribution in [-0.4, -0.2) is 20.4 Å². The van der Waals surface area contributed by atoms with Crippen molar-refractivity contribution < 1.29 is 0 Å². The topological polar surface area (TPSA) is 77.6 Å². The largest absolute Gasteiger partial charge is 0.374 e. The first-order chi connectivity index (χ1) is 8.31. The third-order valence-electron chi connectivity index (χ3n) is 3.22. The zero-order chi connectivity index (χ0) is 11.7. The minimum atomic E-state index is 0.544. The van der Waals surface area contributed by atoms with Crippen LogP contribution in [0.2, 0.25) is 0 Å². The van der Waals surface area contributed by atoms with Gasteiger partial charge in [-0.25, -0.2) is 0 Å². The van der Waals surface area contributed by atoms with E-state index in [4.69, 9.17) is 5.73 Å². The van der Waals surface area contributed by atoms with E-state index in [1.807, 2.05) is 0 Å². The molecule has 1 saturated carbocycles. The van der Waals surface area contributed by atoms with Gasteiger partial charge in [-0.05, 0) is 25.2 Å². The van der Waals surface area contributed by atoms with Crippen molar-refractivity contribution in [1.29, 1.82) is 0 Å². The van der Waals surface area contributed by atoms with Crippen molar-refractivity contribution in [2.45, 2.75) is 31.6 Å². The summed E-state index contributed by atoms with van der Waals surface area (Å²) >= 11 is 3.17. The molecule has 7 heteroatoms. The molecule has 1 fully saturated rings. The third-order valence-corrected chi connectivity index (χ3v) is 4.85. The summed E-state index contributed by atoms with van der Waals surface area (Å²) in [4.78, 5) is 0. The predicted molar refractivity (Wildman–Crippen MR) is 68.0 cm³/mol. The van der Waals surface area contributed by atoms with Gasteiger partial charge < -0.3 is 5.73 Å². The van der Waals surface area contributed by atoms with Crippen LogP contribution in [0.3, 0.4) is 0 Å². The molecule has 2 aromatic rings. The van der Waals surface area contributed by atoms with E-state index in [1.165, 1.54) is 30.6 Å². The van der Waals surface area contributed by atoms with E-state index in [-0.39, 0.29) is 0 Å². The number of nitrogens with zero attached hydrogens (tertiary/aromatic N) is 4. The smallest absolute Gasteiger partial charge is 0.203 e. The molecule has 90 valence electrons. The van der Waals surface area contributed by atoms with Crippen LogP contribution in [0.1, 0.15) is 35.2 Å². The first kappa shape index (κ1) is 11.0. The highest BCUT2D eigenvalue weighted by Crippen LogP contribution is 2.40. The molecule has 0 saturated heterocycles. The van der Waals surface area contributed by atoms with Crippen molar-refractivity contribution in [2.75, 3.05) is 5.73 Å². The first-order valence-electron chi connectivity index (χ1n) is 5.65. The summed E-state index contributed by atoms with van der Waals surface area (Å²) in [6.07, 6.45) is 4.66. The summed E-state index contributed by atoms with van der Waals surface area (Å²) in [7, 11) is 0. The molecule has 17 heavy (non-hydrogen) atoms. The summed E-state index contributed by atoms with van der Waals surface area (Å²) in [6, 6.07) is 0. The Morgan fingerprint density at radius 2 is 2.24 bits per heavy atom. The minimum absolute atomic E-state index is 0.544. The molecule has 0 bridgehead atoms. The van der Waals surface area contributed by atoms with Crippen LogP contribution in [-0.2, 0) is 6.42 Å². The van der Waals surface area contributed by atoms with Gasteiger partial charge in [-0.2, -0.15) is 0 Å². The molecule has 0 radical (unpaired) electrons. The second kappa shape index (κ2) is 4.66. The van der Waals surface area contributed by atoms with E-state index in [1.54, 1.807) is 16.8 Å². The van der Waals surface area contributed by atoms with E-state index < -0.39 is 0 Å². The lowest BCUT2D eigenvalue weighted by molar-refractivity contribution is 0.531. The van der Waals surface area contributed by atoms with Crippen LogP contribution in [0.25, 0.3) is 0 Å². The molecule has 2 atom stereocenters. The van der Waals surface area contributed by atoms with E-state index in [0.717, 1.165) is 16.4 Å². The lowest BCUT2D eigenvalue weighted by Gasteiger charge is -2.06. The average molecular weight is 267 g/mol. The van der Waals surface area contributed by atoms with E-state index >= 15 is 0 Å². The summed E-state index contributed by atoms with van der Waals surface area (Å²) < 4.78 is 0. The monoisotopic (exact) mass is 267 g/mol. The van der Waals surface area contributed by atoms with E-state index in [0.29, 0.717) is 17.0 Å². The summed E-state index contributed by atoms with van der Waals surface area (Å²) in [5.74, 6) is 1.25. The maximum atomic E-state index is 5.62. The molecular formula is C10H13N5S2. The molecule has 5 nitrogen and oxygen atoms in total. The number of rotatable bonds is 3. The van der Waals surface area contributed by atoms with Crippen molar-refractivity contribution in [3.8, 4) is 0 Å². The van der Waals surface area contributed by atoms with Crippen LogP contribution in [0.5, 0.6) is 0 Å². The van der Waals surface area contributed by atoms with Crippen LogP contribution >= 0.6 is 22.7 Å². The fourth-order valence-electron chi connectivity index (χ4n) is 2.43. The number of hydrogen-bond donors (Lipinski definition) is 1. The van der Waals surface area contributed by atoms with Crippen LogP contribution in [0.15, 0.2) is 5.51 Å². The number of aromatic nitrogens is 4. The average Bonchev–Trinajstić information content (AvgIpc) is 2.99. The van der Waals surface area contributed by atoms with Crippen molar-refractivity contribution in [3.05, 3.63) is 15.5 Å². The molecule has 0 amide bonds. The molecule has 2 aromatic heterocycles. The highest BCUT2D eigenvalue weighted by molar-refractivity contribution is 7.15. The van der Waals surface area contributed by atoms with Gasteiger partial charge in [0.2, 0.25) is 5.13 Å². The highest BCUT2D eigenvalue weighted by atomic mass is 32.1.